The van der Waals surface area contributed by atoms with Gasteiger partial charge >= 0.3 is 0 Å². The van der Waals surface area contributed by atoms with E-state index in [9.17, 15) is 0 Å². The smallest absolute Gasteiger partial charge is 0 e. The fraction of sp³-hybridized carbons (Fsp3) is 0. The first-order valence-corrected chi connectivity index (χ1v) is 2.58. The summed E-state index contributed by atoms with van der Waals surface area (Å²) in [5.74, 6) is 0. The summed E-state index contributed by atoms with van der Waals surface area (Å²) in [6, 6.07) is 0. The van der Waals surface area contributed by atoms with E-state index < -0.39 is 0 Å². The van der Waals surface area contributed by atoms with Gasteiger partial charge in [0.1, 0.15) is 0 Å². The van der Waals surface area contributed by atoms with Crippen LogP contribution in [0.4, 0.5) is 0 Å². The summed E-state index contributed by atoms with van der Waals surface area (Å²) < 4.78 is 0. The standard InChI is InChI=1S/C8H9N.Y/c1-2-3-4-5-6-7-8-9;/h1-3,5-8H,9H2;/q-2;/b6-5+,8-7+;. The van der Waals surface area contributed by atoms with E-state index in [1.54, 1.807) is 24.3 Å². The predicted molar refractivity (Wildman–Crippen MR) is 39.2 cm³/mol. The van der Waals surface area contributed by atoms with Gasteiger partial charge in [-0.3, -0.25) is 6.08 Å². The van der Waals surface area contributed by atoms with Crippen LogP contribution in [0.3, 0.4) is 0 Å². The molecule has 0 unspecified atom stereocenters. The Morgan fingerprint density at radius 1 is 1.30 bits per heavy atom. The number of rotatable bonds is 3. The van der Waals surface area contributed by atoms with Crippen molar-refractivity contribution in [3.05, 3.63) is 49.2 Å². The van der Waals surface area contributed by atoms with Crippen molar-refractivity contribution in [2.24, 2.45) is 5.73 Å². The molecule has 0 saturated carbocycles. The zero-order valence-electron chi connectivity index (χ0n) is 5.70. The molecule has 10 heavy (non-hydrogen) atoms. The number of hydrogen-bond donors (Lipinski definition) is 1. The molecule has 51 valence electrons. The van der Waals surface area contributed by atoms with Crippen molar-refractivity contribution in [2.45, 2.75) is 0 Å². The van der Waals surface area contributed by atoms with E-state index in [1.165, 1.54) is 12.3 Å². The van der Waals surface area contributed by atoms with Gasteiger partial charge in [-0.2, -0.15) is 12.2 Å². The van der Waals surface area contributed by atoms with Crippen molar-refractivity contribution in [2.75, 3.05) is 0 Å². The van der Waals surface area contributed by atoms with Gasteiger partial charge in [-0.25, -0.2) is 0 Å². The summed E-state index contributed by atoms with van der Waals surface area (Å²) in [6.07, 6.45) is 12.4. The van der Waals surface area contributed by atoms with Crippen LogP contribution in [-0.4, -0.2) is 0 Å². The van der Waals surface area contributed by atoms with E-state index in [1.807, 2.05) is 0 Å². The Hall–Kier alpha value is -0.136. The molecule has 0 aromatic carbocycles. The van der Waals surface area contributed by atoms with Crippen molar-refractivity contribution in [3.8, 4) is 0 Å². The Balaban J connectivity index is 0. The summed E-state index contributed by atoms with van der Waals surface area (Å²) in [6.45, 7) is 5.02. The van der Waals surface area contributed by atoms with E-state index in [0.717, 1.165) is 0 Å². The summed E-state index contributed by atoms with van der Waals surface area (Å²) in [7, 11) is 0. The van der Waals surface area contributed by atoms with Gasteiger partial charge in [-0.1, -0.05) is 0 Å². The predicted octanol–water partition coefficient (Wildman–Crippen LogP) is 1.36. The molecule has 1 nitrogen and oxygen atoms in total. The Kier molecular flexibility index (Phi) is 14.6. The summed E-state index contributed by atoms with van der Waals surface area (Å²) in [5, 5.41) is 0. The third-order valence-corrected chi connectivity index (χ3v) is 0.607. The Morgan fingerprint density at radius 3 is 2.50 bits per heavy atom. The molecule has 1 radical (unpaired) electrons. The Labute approximate surface area is 87.3 Å². The van der Waals surface area contributed by atoms with E-state index in [0.29, 0.717) is 0 Å². The molecule has 0 fully saturated rings. The molecule has 0 rings (SSSR count). The molecular weight excluding hydrogens is 199 g/mol. The van der Waals surface area contributed by atoms with Crippen molar-refractivity contribution in [3.63, 3.8) is 0 Å². The maximum absolute atomic E-state index is 5.04. The molecule has 0 aromatic heterocycles. The SMILES string of the molecule is [CH-]=CC=[C-]/C=C/C=C/N.[Y]. The molecule has 0 amide bonds. The van der Waals surface area contributed by atoms with Crippen LogP contribution in [-0.2, 0) is 32.7 Å². The molecule has 0 spiro atoms. The maximum Gasteiger partial charge on any atom is 0 e. The number of allylic oxidation sites excluding steroid dienone is 6. The van der Waals surface area contributed by atoms with Crippen LogP contribution in [0.1, 0.15) is 0 Å². The zero-order valence-corrected chi connectivity index (χ0v) is 8.53. The van der Waals surface area contributed by atoms with Crippen molar-refractivity contribution < 1.29 is 32.7 Å². The molecule has 0 aliphatic heterocycles. The van der Waals surface area contributed by atoms with Crippen LogP contribution in [0.2, 0.25) is 0 Å². The monoisotopic (exact) mass is 208 g/mol. The van der Waals surface area contributed by atoms with Crippen LogP contribution in [0.25, 0.3) is 0 Å². The molecule has 0 aliphatic carbocycles. The molecule has 0 aliphatic rings. The van der Waals surface area contributed by atoms with Crippen LogP contribution in [0.15, 0.2) is 36.6 Å². The van der Waals surface area contributed by atoms with E-state index in [2.05, 4.69) is 6.08 Å². The van der Waals surface area contributed by atoms with Crippen molar-refractivity contribution >= 4 is 0 Å². The fourth-order valence-corrected chi connectivity index (χ4v) is 0.286. The first-order chi connectivity index (χ1) is 4.41. The summed E-state index contributed by atoms with van der Waals surface area (Å²) in [5.41, 5.74) is 5.04. The minimum absolute atomic E-state index is 0. The topological polar surface area (TPSA) is 26.0 Å². The zero-order chi connectivity index (χ0) is 6.95. The van der Waals surface area contributed by atoms with Gasteiger partial charge in [-0.15, -0.1) is 6.08 Å². The quantitative estimate of drug-likeness (QED) is 0.550. The third kappa shape index (κ3) is 10.8. The van der Waals surface area contributed by atoms with Gasteiger partial charge in [0.05, 0.1) is 0 Å². The van der Waals surface area contributed by atoms with Crippen molar-refractivity contribution in [1.82, 2.24) is 0 Å². The average molecular weight is 208 g/mol. The van der Waals surface area contributed by atoms with E-state index >= 15 is 0 Å². The maximum atomic E-state index is 5.04. The van der Waals surface area contributed by atoms with E-state index in [-0.39, 0.29) is 32.7 Å². The van der Waals surface area contributed by atoms with Gasteiger partial charge in [0.15, 0.2) is 0 Å². The van der Waals surface area contributed by atoms with Crippen LogP contribution in [0, 0.1) is 12.7 Å². The Morgan fingerprint density at radius 2 is 2.00 bits per heavy atom. The van der Waals surface area contributed by atoms with Gasteiger partial charge in [0.25, 0.3) is 0 Å². The second kappa shape index (κ2) is 11.6. The number of hydrogen-bond acceptors (Lipinski definition) is 1. The third-order valence-electron chi connectivity index (χ3n) is 0.607. The summed E-state index contributed by atoms with van der Waals surface area (Å²) >= 11 is 0. The van der Waals surface area contributed by atoms with Gasteiger partial charge in [-0.05, 0) is 6.20 Å². The van der Waals surface area contributed by atoms with Crippen LogP contribution >= 0.6 is 0 Å². The molecular formula is C8H9NY-2. The molecule has 0 aromatic rings. The van der Waals surface area contributed by atoms with Crippen molar-refractivity contribution in [1.29, 1.82) is 0 Å². The average Bonchev–Trinajstić information content (AvgIpc) is 1.89. The summed E-state index contributed by atoms with van der Waals surface area (Å²) in [4.78, 5) is 0. The second-order valence-electron chi connectivity index (χ2n) is 1.27. The molecule has 0 atom stereocenters. The molecule has 0 heterocycles. The molecule has 0 saturated heterocycles. The largest absolute Gasteiger partial charge is 0.405 e. The number of nitrogens with two attached hydrogens (primary N) is 1. The van der Waals surface area contributed by atoms with E-state index in [4.69, 9.17) is 12.3 Å². The van der Waals surface area contributed by atoms with Crippen LogP contribution < -0.4 is 5.73 Å². The molecule has 0 bridgehead atoms. The minimum atomic E-state index is 0. The molecule has 2 heteroatoms. The van der Waals surface area contributed by atoms with Gasteiger partial charge < -0.3 is 24.5 Å². The first-order valence-electron chi connectivity index (χ1n) is 2.58. The Bertz CT molecular complexity index is 145. The van der Waals surface area contributed by atoms with Gasteiger partial charge in [0.2, 0.25) is 0 Å². The minimum Gasteiger partial charge on any atom is -0.405 e. The first kappa shape index (κ1) is 12.5. The van der Waals surface area contributed by atoms with Gasteiger partial charge in [0, 0.05) is 32.7 Å². The second-order valence-corrected chi connectivity index (χ2v) is 1.27. The van der Waals surface area contributed by atoms with Crippen LogP contribution in [0.5, 0.6) is 0 Å². The normalized spacial score (nSPS) is 10.8. The molecule has 2 N–H and O–H groups in total. The fourth-order valence-electron chi connectivity index (χ4n) is 0.286.